The van der Waals surface area contributed by atoms with Crippen LogP contribution in [0.15, 0.2) is 27.6 Å². The highest BCUT2D eigenvalue weighted by Gasteiger charge is 2.37. The molecular formula is C18H22BrNO3S. The van der Waals surface area contributed by atoms with Crippen molar-refractivity contribution in [1.82, 2.24) is 4.90 Å². The number of halogens is 1. The molecule has 4 nitrogen and oxygen atoms in total. The number of rotatable bonds is 6. The average Bonchev–Trinajstić information content (AvgIpc) is 2.83. The van der Waals surface area contributed by atoms with Gasteiger partial charge in [-0.05, 0) is 78.2 Å². The molecule has 1 aliphatic rings. The van der Waals surface area contributed by atoms with Gasteiger partial charge in [-0.25, -0.2) is 0 Å². The van der Waals surface area contributed by atoms with Crippen molar-refractivity contribution in [1.29, 1.82) is 0 Å². The Hall–Kier alpha value is -1.27. The van der Waals surface area contributed by atoms with Crippen molar-refractivity contribution in [2.24, 2.45) is 0 Å². The topological polar surface area (TPSA) is 46.6 Å². The Labute approximate surface area is 155 Å². The number of hydrogen-bond acceptors (Lipinski definition) is 4. The molecule has 1 fully saturated rings. The van der Waals surface area contributed by atoms with Gasteiger partial charge in [0.25, 0.3) is 11.1 Å². The second-order valence-corrected chi connectivity index (χ2v) is 7.68. The zero-order valence-electron chi connectivity index (χ0n) is 14.3. The van der Waals surface area contributed by atoms with Crippen LogP contribution in [-0.2, 0) is 4.79 Å². The Morgan fingerprint density at radius 3 is 2.54 bits per heavy atom. The fraction of sp³-hybridized carbons (Fsp3) is 0.444. The Morgan fingerprint density at radius 1 is 1.25 bits per heavy atom. The summed E-state index contributed by atoms with van der Waals surface area (Å²) in [6, 6.07) is 5.58. The molecule has 1 heterocycles. The highest BCUT2D eigenvalue weighted by molar-refractivity contribution is 9.10. The van der Waals surface area contributed by atoms with Crippen molar-refractivity contribution in [3.8, 4) is 5.75 Å². The molecule has 1 aromatic rings. The molecule has 130 valence electrons. The third kappa shape index (κ3) is 4.22. The zero-order chi connectivity index (χ0) is 17.9. The second-order valence-electron chi connectivity index (χ2n) is 5.84. The molecule has 1 saturated heterocycles. The first-order valence-corrected chi connectivity index (χ1v) is 9.71. The van der Waals surface area contributed by atoms with E-state index in [0.29, 0.717) is 4.91 Å². The molecule has 1 aliphatic heterocycles. The van der Waals surface area contributed by atoms with Crippen LogP contribution in [0.4, 0.5) is 4.79 Å². The van der Waals surface area contributed by atoms with Gasteiger partial charge in [-0.15, -0.1) is 0 Å². The van der Waals surface area contributed by atoms with Crippen molar-refractivity contribution < 1.29 is 14.3 Å². The average molecular weight is 412 g/mol. The largest absolute Gasteiger partial charge is 0.490 e. The van der Waals surface area contributed by atoms with Gasteiger partial charge in [-0.1, -0.05) is 19.9 Å². The first-order valence-electron chi connectivity index (χ1n) is 8.10. The summed E-state index contributed by atoms with van der Waals surface area (Å²) < 4.78 is 6.65. The third-order valence-electron chi connectivity index (χ3n) is 4.01. The van der Waals surface area contributed by atoms with E-state index >= 15 is 0 Å². The molecule has 2 amide bonds. The van der Waals surface area contributed by atoms with E-state index in [2.05, 4.69) is 22.9 Å². The molecule has 0 N–H and O–H groups in total. The summed E-state index contributed by atoms with van der Waals surface area (Å²) in [6.45, 7) is 7.94. The zero-order valence-corrected chi connectivity index (χ0v) is 16.7. The van der Waals surface area contributed by atoms with E-state index in [1.807, 2.05) is 39.0 Å². The maximum absolute atomic E-state index is 12.4. The molecule has 2 atom stereocenters. The Morgan fingerprint density at radius 2 is 1.96 bits per heavy atom. The minimum absolute atomic E-state index is 0.0820. The lowest BCUT2D eigenvalue weighted by Gasteiger charge is -2.19. The van der Waals surface area contributed by atoms with Crippen LogP contribution in [-0.4, -0.2) is 28.2 Å². The minimum atomic E-state index is -0.213. The van der Waals surface area contributed by atoms with E-state index < -0.39 is 0 Å². The van der Waals surface area contributed by atoms with E-state index in [-0.39, 0.29) is 23.3 Å². The number of nitrogens with zero attached hydrogens (tertiary/aromatic N) is 1. The fourth-order valence-electron chi connectivity index (χ4n) is 2.20. The van der Waals surface area contributed by atoms with Crippen LogP contribution in [0.25, 0.3) is 6.08 Å². The summed E-state index contributed by atoms with van der Waals surface area (Å²) >= 11 is 4.50. The number of carbonyl (C=O) groups is 2. The third-order valence-corrected chi connectivity index (χ3v) is 5.52. The Balaban J connectivity index is 2.21. The molecule has 0 aromatic heterocycles. The van der Waals surface area contributed by atoms with Crippen LogP contribution >= 0.6 is 27.7 Å². The van der Waals surface area contributed by atoms with Gasteiger partial charge in [0.1, 0.15) is 5.75 Å². The standard InChI is InChI=1S/C18H22BrNO3S/c1-5-11(3)20-17(21)16(24-18(20)22)10-13-7-8-15(14(19)9-13)23-12(4)6-2/h7-12H,5-6H2,1-4H3/b16-10+/t11-,12+/m0/s1. The number of imide groups is 1. The monoisotopic (exact) mass is 411 g/mol. The number of ether oxygens (including phenoxy) is 1. The smallest absolute Gasteiger partial charge is 0.293 e. The van der Waals surface area contributed by atoms with Crippen LogP contribution in [0.2, 0.25) is 0 Å². The Bertz CT molecular complexity index is 674. The predicted molar refractivity (Wildman–Crippen MR) is 102 cm³/mol. The van der Waals surface area contributed by atoms with Crippen molar-refractivity contribution in [3.63, 3.8) is 0 Å². The lowest BCUT2D eigenvalue weighted by Crippen LogP contribution is -2.36. The van der Waals surface area contributed by atoms with Crippen molar-refractivity contribution in [3.05, 3.63) is 33.1 Å². The van der Waals surface area contributed by atoms with E-state index in [9.17, 15) is 9.59 Å². The number of hydrogen-bond donors (Lipinski definition) is 0. The molecule has 0 saturated carbocycles. The van der Waals surface area contributed by atoms with E-state index in [4.69, 9.17) is 4.74 Å². The summed E-state index contributed by atoms with van der Waals surface area (Å²) in [4.78, 5) is 26.3. The summed E-state index contributed by atoms with van der Waals surface area (Å²) in [5, 5.41) is -0.198. The van der Waals surface area contributed by atoms with E-state index in [1.54, 1.807) is 6.08 Å². The first kappa shape index (κ1) is 19.1. The Kier molecular flexibility index (Phi) is 6.52. The fourth-order valence-corrected chi connectivity index (χ4v) is 3.62. The van der Waals surface area contributed by atoms with Gasteiger partial charge in [0, 0.05) is 6.04 Å². The summed E-state index contributed by atoms with van der Waals surface area (Å²) in [7, 11) is 0. The number of carbonyl (C=O) groups excluding carboxylic acids is 2. The molecule has 1 aromatic carbocycles. The summed E-state index contributed by atoms with van der Waals surface area (Å²) in [6.07, 6.45) is 3.57. The second kappa shape index (κ2) is 8.21. The van der Waals surface area contributed by atoms with Gasteiger partial charge in [0.2, 0.25) is 0 Å². The van der Waals surface area contributed by atoms with Crippen LogP contribution in [0.1, 0.15) is 46.1 Å². The number of amides is 2. The molecule has 0 spiro atoms. The van der Waals surface area contributed by atoms with Crippen molar-refractivity contribution in [2.75, 3.05) is 0 Å². The maximum Gasteiger partial charge on any atom is 0.293 e. The van der Waals surface area contributed by atoms with E-state index in [1.165, 1.54) is 4.90 Å². The van der Waals surface area contributed by atoms with Crippen LogP contribution in [0, 0.1) is 0 Å². The SMILES string of the molecule is CC[C@@H](C)Oc1ccc(/C=C2/SC(=O)N([C@@H](C)CC)C2=O)cc1Br. The highest BCUT2D eigenvalue weighted by atomic mass is 79.9. The molecule has 0 unspecified atom stereocenters. The van der Waals surface area contributed by atoms with Crippen molar-refractivity contribution in [2.45, 2.75) is 52.7 Å². The first-order chi connectivity index (χ1) is 11.4. The maximum atomic E-state index is 12.4. The summed E-state index contributed by atoms with van der Waals surface area (Å²) in [5.74, 6) is 0.560. The molecule has 0 radical (unpaired) electrons. The van der Waals surface area contributed by atoms with Crippen molar-refractivity contribution >= 4 is 44.9 Å². The minimum Gasteiger partial charge on any atom is -0.490 e. The summed E-state index contributed by atoms with van der Waals surface area (Å²) in [5.41, 5.74) is 0.855. The highest BCUT2D eigenvalue weighted by Crippen LogP contribution is 2.35. The number of benzene rings is 1. The van der Waals surface area contributed by atoms with E-state index in [0.717, 1.165) is 40.4 Å². The molecule has 2 rings (SSSR count). The molecular weight excluding hydrogens is 390 g/mol. The normalized spacial score (nSPS) is 19.0. The van der Waals surface area contributed by atoms with Gasteiger partial charge in [0.15, 0.2) is 0 Å². The lowest BCUT2D eigenvalue weighted by molar-refractivity contribution is -0.124. The van der Waals surface area contributed by atoms with Gasteiger partial charge in [0.05, 0.1) is 15.5 Å². The molecule has 24 heavy (non-hydrogen) atoms. The van der Waals surface area contributed by atoms with Gasteiger partial charge in [-0.3, -0.25) is 14.5 Å². The predicted octanol–water partition coefficient (Wildman–Crippen LogP) is 5.46. The molecule has 0 aliphatic carbocycles. The van der Waals surface area contributed by atoms with Gasteiger partial charge >= 0.3 is 0 Å². The van der Waals surface area contributed by atoms with Crippen LogP contribution < -0.4 is 4.74 Å². The quantitative estimate of drug-likeness (QED) is 0.582. The van der Waals surface area contributed by atoms with Crippen LogP contribution in [0.3, 0.4) is 0 Å². The van der Waals surface area contributed by atoms with Gasteiger partial charge < -0.3 is 4.74 Å². The lowest BCUT2D eigenvalue weighted by atomic mass is 10.2. The van der Waals surface area contributed by atoms with Crippen LogP contribution in [0.5, 0.6) is 5.75 Å². The molecule has 0 bridgehead atoms. The molecule has 6 heteroatoms. The number of thioether (sulfide) groups is 1. The van der Waals surface area contributed by atoms with Gasteiger partial charge in [-0.2, -0.15) is 0 Å².